The number of carbonyl (C=O) groups is 1. The fraction of sp³-hybridized carbons (Fsp3) is 0.455. The maximum absolute atomic E-state index is 11.5. The minimum Gasteiger partial charge on any atom is -0.391 e. The average molecular weight is 206 g/mol. The molecule has 1 heterocycles. The molecular weight excluding hydrogens is 192 g/mol. The molecule has 1 aliphatic carbocycles. The van der Waals surface area contributed by atoms with Gasteiger partial charge in [-0.15, -0.1) is 0 Å². The third kappa shape index (κ3) is 2.76. The Morgan fingerprint density at radius 3 is 3.07 bits per heavy atom. The summed E-state index contributed by atoms with van der Waals surface area (Å²) in [5, 5.41) is 12.2. The maximum atomic E-state index is 11.5. The van der Waals surface area contributed by atoms with E-state index in [0.717, 1.165) is 12.8 Å². The highest BCUT2D eigenvalue weighted by Gasteiger charge is 2.29. The van der Waals surface area contributed by atoms with Gasteiger partial charge in [-0.3, -0.25) is 9.78 Å². The second-order valence-electron chi connectivity index (χ2n) is 3.86. The maximum Gasteiger partial charge on any atom is 0.252 e. The highest BCUT2D eigenvalue weighted by atomic mass is 16.3. The van der Waals surface area contributed by atoms with Gasteiger partial charge in [0.2, 0.25) is 0 Å². The summed E-state index contributed by atoms with van der Waals surface area (Å²) < 4.78 is 0. The Morgan fingerprint density at radius 1 is 1.67 bits per heavy atom. The Hall–Kier alpha value is -1.42. The van der Waals surface area contributed by atoms with Crippen molar-refractivity contribution < 1.29 is 9.90 Å². The molecule has 4 heteroatoms. The van der Waals surface area contributed by atoms with E-state index in [0.29, 0.717) is 18.0 Å². The van der Waals surface area contributed by atoms with E-state index < -0.39 is 6.10 Å². The minimum atomic E-state index is -0.398. The molecule has 1 aliphatic rings. The molecule has 1 saturated carbocycles. The standard InChI is InChI=1S/C11H14N2O2/c14-10(8-3-4-8)7-13-11(15)9-2-1-5-12-6-9/h1-2,5-6,8,10,14H,3-4,7H2,(H,13,15). The number of nitrogens with one attached hydrogen (secondary N) is 1. The molecular formula is C11H14N2O2. The first kappa shape index (κ1) is 10.1. The first-order valence-corrected chi connectivity index (χ1v) is 5.13. The van der Waals surface area contributed by atoms with E-state index in [1.165, 1.54) is 6.20 Å². The van der Waals surface area contributed by atoms with Crippen molar-refractivity contribution in [3.63, 3.8) is 0 Å². The van der Waals surface area contributed by atoms with Crippen molar-refractivity contribution in [3.05, 3.63) is 30.1 Å². The van der Waals surface area contributed by atoms with E-state index in [-0.39, 0.29) is 5.91 Å². The number of hydrogen-bond donors (Lipinski definition) is 2. The molecule has 0 radical (unpaired) electrons. The molecule has 1 aromatic heterocycles. The zero-order valence-corrected chi connectivity index (χ0v) is 8.39. The van der Waals surface area contributed by atoms with Gasteiger partial charge in [0.1, 0.15) is 0 Å². The molecule has 2 N–H and O–H groups in total. The molecule has 1 fully saturated rings. The van der Waals surface area contributed by atoms with Gasteiger partial charge in [-0.05, 0) is 30.9 Å². The molecule has 2 rings (SSSR count). The van der Waals surface area contributed by atoms with Gasteiger partial charge in [-0.1, -0.05) is 0 Å². The van der Waals surface area contributed by atoms with Crippen molar-refractivity contribution in [1.82, 2.24) is 10.3 Å². The normalized spacial score (nSPS) is 17.1. The van der Waals surface area contributed by atoms with Crippen LogP contribution in [0.15, 0.2) is 24.5 Å². The number of aliphatic hydroxyl groups is 1. The molecule has 0 aromatic carbocycles. The van der Waals surface area contributed by atoms with Gasteiger partial charge < -0.3 is 10.4 Å². The lowest BCUT2D eigenvalue weighted by atomic mass is 10.2. The van der Waals surface area contributed by atoms with Crippen LogP contribution in [0.25, 0.3) is 0 Å². The number of carbonyl (C=O) groups excluding carboxylic acids is 1. The Morgan fingerprint density at radius 2 is 2.47 bits per heavy atom. The Kier molecular flexibility index (Phi) is 2.97. The van der Waals surface area contributed by atoms with Crippen molar-refractivity contribution in [1.29, 1.82) is 0 Å². The van der Waals surface area contributed by atoms with E-state index in [1.807, 2.05) is 0 Å². The topological polar surface area (TPSA) is 62.2 Å². The SMILES string of the molecule is O=C(NCC(O)C1CC1)c1cccnc1. The van der Waals surface area contributed by atoms with Crippen molar-refractivity contribution in [2.75, 3.05) is 6.54 Å². The molecule has 0 spiro atoms. The zero-order valence-electron chi connectivity index (χ0n) is 8.39. The molecule has 1 amide bonds. The predicted octanol–water partition coefficient (Wildman–Crippen LogP) is 0.582. The highest BCUT2D eigenvalue weighted by molar-refractivity contribution is 5.93. The first-order valence-electron chi connectivity index (χ1n) is 5.13. The van der Waals surface area contributed by atoms with Crippen molar-refractivity contribution in [2.45, 2.75) is 18.9 Å². The Labute approximate surface area is 88.3 Å². The summed E-state index contributed by atoms with van der Waals surface area (Å²) in [4.78, 5) is 15.4. The summed E-state index contributed by atoms with van der Waals surface area (Å²) in [6.07, 6.45) is 4.88. The van der Waals surface area contributed by atoms with E-state index in [2.05, 4.69) is 10.3 Å². The van der Waals surface area contributed by atoms with Crippen molar-refractivity contribution in [3.8, 4) is 0 Å². The molecule has 1 unspecified atom stereocenters. The van der Waals surface area contributed by atoms with Gasteiger partial charge >= 0.3 is 0 Å². The van der Waals surface area contributed by atoms with Crippen LogP contribution in [-0.4, -0.2) is 28.6 Å². The summed E-state index contributed by atoms with van der Waals surface area (Å²) in [5.74, 6) is 0.210. The van der Waals surface area contributed by atoms with Crippen LogP contribution in [0.3, 0.4) is 0 Å². The van der Waals surface area contributed by atoms with Gasteiger partial charge in [0.25, 0.3) is 5.91 Å². The number of amides is 1. The molecule has 80 valence electrons. The molecule has 0 bridgehead atoms. The second-order valence-corrected chi connectivity index (χ2v) is 3.86. The molecule has 0 aliphatic heterocycles. The van der Waals surface area contributed by atoms with Gasteiger partial charge in [-0.25, -0.2) is 0 Å². The minimum absolute atomic E-state index is 0.178. The van der Waals surface area contributed by atoms with Crippen molar-refractivity contribution >= 4 is 5.91 Å². The van der Waals surface area contributed by atoms with Crippen LogP contribution in [0, 0.1) is 5.92 Å². The predicted molar refractivity (Wildman–Crippen MR) is 55.3 cm³/mol. The number of rotatable bonds is 4. The van der Waals surface area contributed by atoms with Gasteiger partial charge in [0.15, 0.2) is 0 Å². The largest absolute Gasteiger partial charge is 0.391 e. The summed E-state index contributed by atoms with van der Waals surface area (Å²) in [5.41, 5.74) is 0.528. The van der Waals surface area contributed by atoms with Crippen LogP contribution in [0.4, 0.5) is 0 Å². The van der Waals surface area contributed by atoms with Crippen LogP contribution in [0.1, 0.15) is 23.2 Å². The Balaban J connectivity index is 1.82. The highest BCUT2D eigenvalue weighted by Crippen LogP contribution is 2.32. The summed E-state index contributed by atoms with van der Waals surface area (Å²) in [7, 11) is 0. The first-order chi connectivity index (χ1) is 7.27. The van der Waals surface area contributed by atoms with Crippen molar-refractivity contribution in [2.24, 2.45) is 5.92 Å². The summed E-state index contributed by atoms with van der Waals surface area (Å²) in [6, 6.07) is 3.41. The fourth-order valence-corrected chi connectivity index (χ4v) is 1.44. The van der Waals surface area contributed by atoms with Crippen LogP contribution in [0.5, 0.6) is 0 Å². The monoisotopic (exact) mass is 206 g/mol. The molecule has 15 heavy (non-hydrogen) atoms. The fourth-order valence-electron chi connectivity index (χ4n) is 1.44. The zero-order chi connectivity index (χ0) is 10.7. The molecule has 0 saturated heterocycles. The van der Waals surface area contributed by atoms with Crippen LogP contribution >= 0.6 is 0 Å². The van der Waals surface area contributed by atoms with Gasteiger partial charge in [-0.2, -0.15) is 0 Å². The van der Waals surface area contributed by atoms with Gasteiger partial charge in [0.05, 0.1) is 11.7 Å². The number of aliphatic hydroxyl groups excluding tert-OH is 1. The Bertz CT molecular complexity index is 336. The number of pyridine rings is 1. The quantitative estimate of drug-likeness (QED) is 0.757. The average Bonchev–Trinajstić information content (AvgIpc) is 3.10. The van der Waals surface area contributed by atoms with E-state index >= 15 is 0 Å². The smallest absolute Gasteiger partial charge is 0.252 e. The lowest BCUT2D eigenvalue weighted by Crippen LogP contribution is -2.33. The lowest BCUT2D eigenvalue weighted by molar-refractivity contribution is 0.0901. The summed E-state index contributed by atoms with van der Waals surface area (Å²) >= 11 is 0. The lowest BCUT2D eigenvalue weighted by Gasteiger charge is -2.10. The second kappa shape index (κ2) is 4.40. The summed E-state index contributed by atoms with van der Waals surface area (Å²) in [6.45, 7) is 0.332. The number of hydrogen-bond acceptors (Lipinski definition) is 3. The van der Waals surface area contributed by atoms with Crippen LogP contribution < -0.4 is 5.32 Å². The van der Waals surface area contributed by atoms with E-state index in [4.69, 9.17) is 0 Å². The third-order valence-corrected chi connectivity index (χ3v) is 2.56. The van der Waals surface area contributed by atoms with E-state index in [9.17, 15) is 9.90 Å². The molecule has 4 nitrogen and oxygen atoms in total. The van der Waals surface area contributed by atoms with Crippen LogP contribution in [-0.2, 0) is 0 Å². The van der Waals surface area contributed by atoms with E-state index in [1.54, 1.807) is 18.3 Å². The van der Waals surface area contributed by atoms with Gasteiger partial charge in [0, 0.05) is 18.9 Å². The molecule has 1 atom stereocenters. The number of aromatic nitrogens is 1. The number of nitrogens with zero attached hydrogens (tertiary/aromatic N) is 1. The van der Waals surface area contributed by atoms with Crippen LogP contribution in [0.2, 0.25) is 0 Å². The molecule has 1 aromatic rings. The third-order valence-electron chi connectivity index (χ3n) is 2.56.